The van der Waals surface area contributed by atoms with Crippen molar-refractivity contribution in [2.75, 3.05) is 41.3 Å². The highest BCUT2D eigenvalue weighted by Gasteiger charge is 2.40. The van der Waals surface area contributed by atoms with Gasteiger partial charge in [-0.15, -0.1) is 0 Å². The van der Waals surface area contributed by atoms with Gasteiger partial charge >= 0.3 is 0 Å². The molecule has 6 rings (SSSR count). The van der Waals surface area contributed by atoms with Gasteiger partial charge in [-0.3, -0.25) is 0 Å². The van der Waals surface area contributed by atoms with E-state index in [0.29, 0.717) is 12.1 Å². The predicted octanol–water partition coefficient (Wildman–Crippen LogP) is 2.25. The number of fused-ring (bicyclic) bond motifs is 6. The van der Waals surface area contributed by atoms with Crippen molar-refractivity contribution in [2.24, 2.45) is 0 Å². The number of benzene rings is 4. The average molecular weight is 663 g/mol. The monoisotopic (exact) mass is 660 g/mol. The first-order chi connectivity index (χ1) is 18.4. The second-order valence-electron chi connectivity index (χ2n) is 12.6. The van der Waals surface area contributed by atoms with Crippen LogP contribution < -0.4 is 34.0 Å². The molecule has 0 spiro atoms. The summed E-state index contributed by atoms with van der Waals surface area (Å²) in [5.41, 5.74) is 11.7. The number of halogens is 2. The van der Waals surface area contributed by atoms with Crippen LogP contribution in [0.5, 0.6) is 0 Å². The molecule has 40 heavy (non-hydrogen) atoms. The Kier molecular flexibility index (Phi) is 9.46. The first kappa shape index (κ1) is 30.7. The summed E-state index contributed by atoms with van der Waals surface area (Å²) in [4.78, 5) is 0. The smallest absolute Gasteiger partial charge is 0.141 e. The first-order valence-electron chi connectivity index (χ1n) is 14.4. The van der Waals surface area contributed by atoms with E-state index in [4.69, 9.17) is 0 Å². The fourth-order valence-corrected chi connectivity index (χ4v) is 7.41. The summed E-state index contributed by atoms with van der Waals surface area (Å²) < 4.78 is 2.04. The van der Waals surface area contributed by atoms with E-state index in [9.17, 15) is 0 Å². The zero-order chi connectivity index (χ0) is 26.3. The van der Waals surface area contributed by atoms with E-state index >= 15 is 0 Å². The summed E-state index contributed by atoms with van der Waals surface area (Å²) >= 11 is 0. The van der Waals surface area contributed by atoms with Crippen LogP contribution in [0.3, 0.4) is 0 Å². The molecular weight excluding hydrogens is 620 g/mol. The van der Waals surface area contributed by atoms with Crippen molar-refractivity contribution in [1.82, 2.24) is 0 Å². The maximum absolute atomic E-state index is 2.43. The predicted molar refractivity (Wildman–Crippen MR) is 160 cm³/mol. The Labute approximate surface area is 262 Å². The summed E-state index contributed by atoms with van der Waals surface area (Å²) in [6, 6.07) is 37.0. The van der Waals surface area contributed by atoms with Gasteiger partial charge in [-0.2, -0.15) is 0 Å². The van der Waals surface area contributed by atoms with Crippen LogP contribution in [0.4, 0.5) is 0 Å². The second kappa shape index (κ2) is 12.3. The number of hydrogen-bond donors (Lipinski definition) is 0. The average Bonchev–Trinajstić information content (AvgIpc) is 3.45. The van der Waals surface area contributed by atoms with Crippen molar-refractivity contribution in [3.63, 3.8) is 0 Å². The second-order valence-corrected chi connectivity index (χ2v) is 12.6. The van der Waals surface area contributed by atoms with Crippen molar-refractivity contribution in [3.8, 4) is 22.3 Å². The van der Waals surface area contributed by atoms with Gasteiger partial charge in [-0.05, 0) is 47.9 Å². The minimum absolute atomic E-state index is 0. The summed E-state index contributed by atoms with van der Waals surface area (Å²) in [6.45, 7) is 2.41. The van der Waals surface area contributed by atoms with E-state index in [0.717, 1.165) is 8.97 Å². The minimum atomic E-state index is 0. The zero-order valence-corrected chi connectivity index (χ0v) is 27.5. The quantitative estimate of drug-likeness (QED) is 0.191. The summed E-state index contributed by atoms with van der Waals surface area (Å²) in [7, 11) is 9.72. The number of rotatable bonds is 9. The van der Waals surface area contributed by atoms with E-state index in [1.165, 1.54) is 83.3 Å². The number of hydrogen-bond acceptors (Lipinski definition) is 0. The van der Waals surface area contributed by atoms with Gasteiger partial charge in [-0.1, -0.05) is 97.1 Å². The van der Waals surface area contributed by atoms with Crippen LogP contribution in [0.1, 0.15) is 60.0 Å². The molecule has 0 unspecified atom stereocenters. The molecule has 0 N–H and O–H groups in total. The molecular formula is C36H42Br2N2. The molecule has 0 saturated carbocycles. The van der Waals surface area contributed by atoms with Gasteiger partial charge in [0.15, 0.2) is 0 Å². The van der Waals surface area contributed by atoms with Crippen LogP contribution in [-0.2, 0) is 0 Å². The lowest BCUT2D eigenvalue weighted by Crippen LogP contribution is -3.00. The SMILES string of the molecule is C[N+](C)(CCCCCC[N+](C)(C)C1c2ccccc2-c2ccccc21)C1c2ccccc2-c2ccccc21.[Br-].[Br-]. The molecule has 2 aliphatic rings. The Morgan fingerprint density at radius 3 is 0.925 bits per heavy atom. The lowest BCUT2D eigenvalue weighted by Gasteiger charge is -2.38. The van der Waals surface area contributed by atoms with Gasteiger partial charge in [0, 0.05) is 22.3 Å². The molecule has 2 aliphatic carbocycles. The molecule has 0 saturated heterocycles. The molecule has 0 fully saturated rings. The fraction of sp³-hybridized carbons (Fsp3) is 0.333. The van der Waals surface area contributed by atoms with E-state index in [1.54, 1.807) is 0 Å². The number of unbranched alkanes of at least 4 members (excludes halogenated alkanes) is 3. The van der Waals surface area contributed by atoms with Crippen molar-refractivity contribution in [3.05, 3.63) is 119 Å². The van der Waals surface area contributed by atoms with E-state index in [-0.39, 0.29) is 34.0 Å². The highest BCUT2D eigenvalue weighted by molar-refractivity contribution is 5.78. The maximum Gasteiger partial charge on any atom is 0.141 e. The first-order valence-corrected chi connectivity index (χ1v) is 14.4. The molecule has 0 amide bonds. The van der Waals surface area contributed by atoms with Crippen LogP contribution in [0.25, 0.3) is 22.3 Å². The molecule has 210 valence electrons. The molecule has 0 heterocycles. The molecule has 0 aliphatic heterocycles. The van der Waals surface area contributed by atoms with Crippen LogP contribution in [0, 0.1) is 0 Å². The van der Waals surface area contributed by atoms with Gasteiger partial charge in [0.05, 0.1) is 41.3 Å². The van der Waals surface area contributed by atoms with E-state index in [1.807, 2.05) is 0 Å². The summed E-state index contributed by atoms with van der Waals surface area (Å²) in [6.07, 6.45) is 5.15. The maximum atomic E-state index is 2.43. The van der Waals surface area contributed by atoms with Crippen molar-refractivity contribution < 1.29 is 42.9 Å². The molecule has 0 aromatic heterocycles. The lowest BCUT2D eigenvalue weighted by atomic mass is 10.00. The summed E-state index contributed by atoms with van der Waals surface area (Å²) in [5, 5.41) is 0. The van der Waals surface area contributed by atoms with Gasteiger partial charge in [0.2, 0.25) is 0 Å². The third kappa shape index (κ3) is 5.48. The van der Waals surface area contributed by atoms with Crippen molar-refractivity contribution in [2.45, 2.75) is 37.8 Å². The van der Waals surface area contributed by atoms with Gasteiger partial charge in [0.25, 0.3) is 0 Å². The third-order valence-electron chi connectivity index (χ3n) is 9.22. The highest BCUT2D eigenvalue weighted by atomic mass is 79.9. The van der Waals surface area contributed by atoms with E-state index < -0.39 is 0 Å². The van der Waals surface area contributed by atoms with E-state index in [2.05, 4.69) is 125 Å². The molecule has 0 radical (unpaired) electrons. The highest BCUT2D eigenvalue weighted by Crippen LogP contribution is 2.49. The minimum Gasteiger partial charge on any atom is -1.00 e. The molecule has 0 atom stereocenters. The third-order valence-corrected chi connectivity index (χ3v) is 9.22. The Bertz CT molecular complexity index is 1260. The van der Waals surface area contributed by atoms with Gasteiger partial charge in [-0.25, -0.2) is 0 Å². The van der Waals surface area contributed by atoms with Crippen LogP contribution >= 0.6 is 0 Å². The summed E-state index contributed by atoms with van der Waals surface area (Å²) in [5.74, 6) is 0. The number of nitrogens with zero attached hydrogens (tertiary/aromatic N) is 2. The molecule has 4 aromatic rings. The van der Waals surface area contributed by atoms with Crippen LogP contribution in [0.15, 0.2) is 97.1 Å². The van der Waals surface area contributed by atoms with Crippen molar-refractivity contribution >= 4 is 0 Å². The van der Waals surface area contributed by atoms with Crippen molar-refractivity contribution in [1.29, 1.82) is 0 Å². The fourth-order valence-electron chi connectivity index (χ4n) is 7.41. The van der Waals surface area contributed by atoms with Crippen LogP contribution in [-0.4, -0.2) is 50.2 Å². The molecule has 4 heteroatoms. The molecule has 0 bridgehead atoms. The zero-order valence-electron chi connectivity index (χ0n) is 24.3. The molecule has 4 aromatic carbocycles. The topological polar surface area (TPSA) is 0 Å². The standard InChI is InChI=1S/C36H42N2.2BrH/c1-37(2,35-31-21-11-7-17-27(31)28-18-8-12-22-32(28)35)25-15-5-6-16-26-38(3,4)36-33-23-13-9-19-29(33)30-20-10-14-24-34(30)36;;/h7-14,17-24,35-36H,5-6,15-16,25-26H2,1-4H3;2*1H/q+2;;/p-2. The largest absolute Gasteiger partial charge is 1.00 e. The Balaban J connectivity index is 0.00000185. The number of quaternary nitrogens is 2. The van der Waals surface area contributed by atoms with Gasteiger partial charge in [0.1, 0.15) is 12.1 Å². The lowest BCUT2D eigenvalue weighted by molar-refractivity contribution is -0.915. The Morgan fingerprint density at radius 2 is 0.650 bits per heavy atom. The van der Waals surface area contributed by atoms with Crippen LogP contribution in [0.2, 0.25) is 0 Å². The van der Waals surface area contributed by atoms with Gasteiger partial charge < -0.3 is 42.9 Å². The normalized spacial score (nSPS) is 14.0. The molecule has 2 nitrogen and oxygen atoms in total. The Hall–Kier alpha value is -2.24. The Morgan fingerprint density at radius 1 is 0.400 bits per heavy atom.